The van der Waals surface area contributed by atoms with Gasteiger partial charge in [0.1, 0.15) is 36.8 Å². The highest BCUT2D eigenvalue weighted by Gasteiger charge is 2.46. The zero-order valence-electron chi connectivity index (χ0n) is 36.8. The standard InChI is InChI=1S/C47H80O12S/c1-3-5-7-9-11-13-15-17-19-20-22-24-26-28-30-32-34-36-43(49)58-40(38-57-47-46(52)45(51)44(50)41(59-47)39-60(53,54)55)37-56-42(48)35-33-31-29-27-25-23-21-18-16-14-12-10-8-6-4-2/h17,19,22,24,28-31,33,35,40-41,44-47,50-52H,3-16,18,20-21,23,25-27,32,34,36-39H2,1-2H3,(H,53,54,55)/b19-17+,24-22+,30-28+,31-29+,35-33+/t40-,41-,44-,45?,46?,47+/m1/s1. The first-order chi connectivity index (χ1) is 29.0. The SMILES string of the molecule is CCCCCCCC/C=C/C/C=C/C/C=C/CCCC(=O)O[C@H](COC(=O)/C=C/C=C/CCCCCCCCCCCCC)CO[C@H]1O[C@H](CS(=O)(=O)O)[C@@H](O)C(O)C1O. The van der Waals surface area contributed by atoms with E-state index in [1.165, 1.54) is 109 Å². The monoisotopic (exact) mass is 869 g/mol. The molecule has 0 aromatic heterocycles. The molecule has 4 N–H and O–H groups in total. The molecule has 2 unspecified atom stereocenters. The van der Waals surface area contributed by atoms with Gasteiger partial charge in [-0.15, -0.1) is 0 Å². The zero-order chi connectivity index (χ0) is 44.1. The summed E-state index contributed by atoms with van der Waals surface area (Å²) in [6.45, 7) is 3.60. The number of esters is 2. The normalized spacial score (nSPS) is 20.7. The third-order valence-corrected chi connectivity index (χ3v) is 10.9. The fraction of sp³-hybridized carbons (Fsp3) is 0.745. The maximum Gasteiger partial charge on any atom is 0.330 e. The van der Waals surface area contributed by atoms with Crippen LogP contribution < -0.4 is 0 Å². The summed E-state index contributed by atoms with van der Waals surface area (Å²) < 4.78 is 53.8. The molecule has 0 radical (unpaired) electrons. The molecule has 1 heterocycles. The second-order valence-electron chi connectivity index (χ2n) is 15.8. The van der Waals surface area contributed by atoms with Crippen LogP contribution in [-0.2, 0) is 38.7 Å². The van der Waals surface area contributed by atoms with Crippen molar-refractivity contribution in [1.29, 1.82) is 0 Å². The summed E-state index contributed by atoms with van der Waals surface area (Å²) in [7, 11) is -4.62. The Morgan fingerprint density at radius 1 is 0.617 bits per heavy atom. The zero-order valence-corrected chi connectivity index (χ0v) is 37.6. The summed E-state index contributed by atoms with van der Waals surface area (Å²) in [5.41, 5.74) is 0. The Morgan fingerprint density at radius 3 is 1.67 bits per heavy atom. The number of carbonyl (C=O) groups excluding carboxylic acids is 2. The first-order valence-corrected chi connectivity index (χ1v) is 24.5. The van der Waals surface area contributed by atoms with E-state index in [4.69, 9.17) is 18.9 Å². The van der Waals surface area contributed by atoms with Gasteiger partial charge in [0.05, 0.1) is 6.61 Å². The Labute approximate surface area is 362 Å². The Hall–Kier alpha value is -2.65. The number of ether oxygens (including phenoxy) is 4. The van der Waals surface area contributed by atoms with Gasteiger partial charge in [-0.3, -0.25) is 9.35 Å². The first kappa shape index (κ1) is 55.4. The largest absolute Gasteiger partial charge is 0.458 e. The van der Waals surface area contributed by atoms with Crippen molar-refractivity contribution in [2.24, 2.45) is 0 Å². The topological polar surface area (TPSA) is 186 Å². The number of rotatable bonds is 37. The van der Waals surface area contributed by atoms with Crippen LogP contribution in [0.3, 0.4) is 0 Å². The molecule has 60 heavy (non-hydrogen) atoms. The van der Waals surface area contributed by atoms with Crippen molar-refractivity contribution in [2.45, 2.75) is 205 Å². The molecule has 1 fully saturated rings. The van der Waals surface area contributed by atoms with Gasteiger partial charge in [0, 0.05) is 12.5 Å². The van der Waals surface area contributed by atoms with Crippen LogP contribution in [0.25, 0.3) is 0 Å². The van der Waals surface area contributed by atoms with E-state index in [1.54, 1.807) is 12.2 Å². The highest BCUT2D eigenvalue weighted by molar-refractivity contribution is 7.85. The van der Waals surface area contributed by atoms with Gasteiger partial charge in [-0.2, -0.15) is 8.42 Å². The van der Waals surface area contributed by atoms with Crippen LogP contribution in [0.5, 0.6) is 0 Å². The molecule has 0 aliphatic carbocycles. The number of hydrogen-bond donors (Lipinski definition) is 4. The van der Waals surface area contributed by atoms with E-state index in [0.717, 1.165) is 32.1 Å². The molecule has 346 valence electrons. The molecule has 0 saturated carbocycles. The van der Waals surface area contributed by atoms with Gasteiger partial charge in [-0.1, -0.05) is 165 Å². The Morgan fingerprint density at radius 2 is 1.12 bits per heavy atom. The lowest BCUT2D eigenvalue weighted by Crippen LogP contribution is -2.60. The van der Waals surface area contributed by atoms with Crippen molar-refractivity contribution in [2.75, 3.05) is 19.0 Å². The Balaban J connectivity index is 2.54. The van der Waals surface area contributed by atoms with Gasteiger partial charge >= 0.3 is 11.9 Å². The van der Waals surface area contributed by atoms with E-state index >= 15 is 0 Å². The molecule has 0 bridgehead atoms. The fourth-order valence-corrected chi connectivity index (χ4v) is 7.30. The summed E-state index contributed by atoms with van der Waals surface area (Å²) in [4.78, 5) is 25.3. The van der Waals surface area contributed by atoms with Gasteiger partial charge in [0.25, 0.3) is 10.1 Å². The maximum absolute atomic E-state index is 12.8. The van der Waals surface area contributed by atoms with Crippen molar-refractivity contribution in [3.05, 3.63) is 60.8 Å². The van der Waals surface area contributed by atoms with Crippen LogP contribution in [0.15, 0.2) is 60.8 Å². The van der Waals surface area contributed by atoms with Crippen LogP contribution in [0.4, 0.5) is 0 Å². The average Bonchev–Trinajstić information content (AvgIpc) is 3.21. The quantitative estimate of drug-likeness (QED) is 0.0116. The van der Waals surface area contributed by atoms with Crippen LogP contribution in [-0.4, -0.2) is 96.0 Å². The summed E-state index contributed by atoms with van der Waals surface area (Å²) in [5.74, 6) is -2.32. The number of unbranched alkanes of at least 4 members (excludes halogenated alkanes) is 18. The summed E-state index contributed by atoms with van der Waals surface area (Å²) >= 11 is 0. The number of carbonyl (C=O) groups is 2. The molecule has 1 rings (SSSR count). The number of allylic oxidation sites excluding steroid dienone is 9. The minimum atomic E-state index is -4.62. The molecule has 0 aromatic carbocycles. The van der Waals surface area contributed by atoms with Gasteiger partial charge in [0.2, 0.25) is 0 Å². The second-order valence-corrected chi connectivity index (χ2v) is 17.3. The highest BCUT2D eigenvalue weighted by atomic mass is 32.2. The minimum absolute atomic E-state index is 0.0712. The van der Waals surface area contributed by atoms with Crippen LogP contribution in [0.2, 0.25) is 0 Å². The van der Waals surface area contributed by atoms with E-state index in [9.17, 15) is 37.9 Å². The van der Waals surface area contributed by atoms with Crippen molar-refractivity contribution in [3.63, 3.8) is 0 Å². The Kier molecular flexibility index (Phi) is 34.1. The van der Waals surface area contributed by atoms with Crippen molar-refractivity contribution < 1.29 is 56.8 Å². The summed E-state index contributed by atoms with van der Waals surface area (Å²) in [5, 5.41) is 30.8. The molecule has 12 nitrogen and oxygen atoms in total. The third-order valence-electron chi connectivity index (χ3n) is 10.2. The van der Waals surface area contributed by atoms with Crippen LogP contribution in [0, 0.1) is 0 Å². The van der Waals surface area contributed by atoms with Gasteiger partial charge in [-0.05, 0) is 51.4 Å². The molecule has 1 aliphatic rings. The Bertz CT molecular complexity index is 1340. The molecule has 13 heteroatoms. The predicted octanol–water partition coefficient (Wildman–Crippen LogP) is 9.34. The van der Waals surface area contributed by atoms with Crippen LogP contribution >= 0.6 is 0 Å². The molecular weight excluding hydrogens is 789 g/mol. The molecule has 6 atom stereocenters. The number of aliphatic hydroxyl groups is 3. The van der Waals surface area contributed by atoms with E-state index in [2.05, 4.69) is 38.2 Å². The first-order valence-electron chi connectivity index (χ1n) is 22.9. The summed E-state index contributed by atoms with van der Waals surface area (Å²) in [6.07, 6.45) is 36.2. The lowest BCUT2D eigenvalue weighted by Gasteiger charge is -2.40. The molecule has 1 aliphatic heterocycles. The van der Waals surface area contributed by atoms with E-state index < -0.39 is 77.8 Å². The van der Waals surface area contributed by atoms with Crippen molar-refractivity contribution in [1.82, 2.24) is 0 Å². The van der Waals surface area contributed by atoms with Crippen LogP contribution in [0.1, 0.15) is 168 Å². The molecule has 0 spiro atoms. The van der Waals surface area contributed by atoms with E-state index in [0.29, 0.717) is 12.8 Å². The maximum atomic E-state index is 12.8. The van der Waals surface area contributed by atoms with Gasteiger partial charge in [-0.25, -0.2) is 4.79 Å². The second kappa shape index (κ2) is 37.0. The molecular formula is C47H80O12S. The summed E-state index contributed by atoms with van der Waals surface area (Å²) in [6, 6.07) is 0. The number of hydrogen-bond acceptors (Lipinski definition) is 11. The molecule has 0 amide bonds. The van der Waals surface area contributed by atoms with E-state index in [1.807, 2.05) is 18.2 Å². The van der Waals surface area contributed by atoms with E-state index in [-0.39, 0.29) is 6.42 Å². The van der Waals surface area contributed by atoms with Gasteiger partial charge < -0.3 is 34.3 Å². The number of aliphatic hydroxyl groups excluding tert-OH is 3. The molecule has 1 saturated heterocycles. The lowest BCUT2D eigenvalue weighted by molar-refractivity contribution is -0.297. The minimum Gasteiger partial charge on any atom is -0.458 e. The average molecular weight is 869 g/mol. The third kappa shape index (κ3) is 31.2. The van der Waals surface area contributed by atoms with Gasteiger partial charge in [0.15, 0.2) is 12.4 Å². The molecule has 0 aromatic rings. The lowest BCUT2D eigenvalue weighted by atomic mass is 10.00. The highest BCUT2D eigenvalue weighted by Crippen LogP contribution is 2.24. The van der Waals surface area contributed by atoms with Crippen molar-refractivity contribution in [3.8, 4) is 0 Å². The smallest absolute Gasteiger partial charge is 0.330 e. The van der Waals surface area contributed by atoms with Crippen molar-refractivity contribution >= 4 is 22.1 Å². The predicted molar refractivity (Wildman–Crippen MR) is 238 cm³/mol. The fourth-order valence-electron chi connectivity index (χ4n) is 6.61.